The Bertz CT molecular complexity index is 968. The molecule has 1 aliphatic rings. The standard InChI is InChI=1S/C19H18F2N4O2/c1-12(10-25-7-2-6-22-25)19(26)24-8-5-17-14(11-24)18(23-27-17)13-3-4-15(20)16(21)9-13/h2-4,6-7,9,12H,5,8,10-11H2,1H3/t12-/m1/s1. The molecule has 0 bridgehead atoms. The summed E-state index contributed by atoms with van der Waals surface area (Å²) >= 11 is 0. The number of carbonyl (C=O) groups excluding carboxylic acids is 1. The fourth-order valence-electron chi connectivity index (χ4n) is 3.35. The summed E-state index contributed by atoms with van der Waals surface area (Å²) in [5, 5.41) is 8.16. The molecule has 0 spiro atoms. The van der Waals surface area contributed by atoms with Gasteiger partial charge < -0.3 is 9.42 Å². The van der Waals surface area contributed by atoms with Gasteiger partial charge in [-0.15, -0.1) is 0 Å². The summed E-state index contributed by atoms with van der Waals surface area (Å²) in [5.41, 5.74) is 1.62. The first-order valence-electron chi connectivity index (χ1n) is 8.72. The molecule has 1 atom stereocenters. The van der Waals surface area contributed by atoms with Gasteiger partial charge in [0.1, 0.15) is 11.5 Å². The van der Waals surface area contributed by atoms with Crippen LogP contribution < -0.4 is 0 Å². The van der Waals surface area contributed by atoms with E-state index in [9.17, 15) is 13.6 Å². The van der Waals surface area contributed by atoms with Gasteiger partial charge in [0.2, 0.25) is 5.91 Å². The molecular weight excluding hydrogens is 354 g/mol. The number of benzene rings is 1. The van der Waals surface area contributed by atoms with Gasteiger partial charge in [0, 0.05) is 36.5 Å². The van der Waals surface area contributed by atoms with Crippen molar-refractivity contribution in [1.29, 1.82) is 0 Å². The Hall–Kier alpha value is -3.03. The van der Waals surface area contributed by atoms with Gasteiger partial charge in [0.15, 0.2) is 11.6 Å². The van der Waals surface area contributed by atoms with Crippen molar-refractivity contribution in [3.8, 4) is 11.3 Å². The van der Waals surface area contributed by atoms with Crippen molar-refractivity contribution in [1.82, 2.24) is 19.8 Å². The van der Waals surface area contributed by atoms with Gasteiger partial charge in [0.25, 0.3) is 0 Å². The number of rotatable bonds is 4. The average Bonchev–Trinajstić information content (AvgIpc) is 3.32. The molecule has 3 aromatic rings. The van der Waals surface area contributed by atoms with Crippen molar-refractivity contribution in [3.63, 3.8) is 0 Å². The van der Waals surface area contributed by atoms with Crippen molar-refractivity contribution in [2.75, 3.05) is 6.54 Å². The molecule has 0 fully saturated rings. The minimum absolute atomic E-state index is 0.00795. The summed E-state index contributed by atoms with van der Waals surface area (Å²) in [4.78, 5) is 14.6. The molecule has 6 nitrogen and oxygen atoms in total. The van der Waals surface area contributed by atoms with Crippen LogP contribution in [0.3, 0.4) is 0 Å². The molecular formula is C19H18F2N4O2. The Balaban J connectivity index is 1.54. The van der Waals surface area contributed by atoms with E-state index in [1.165, 1.54) is 6.07 Å². The maximum absolute atomic E-state index is 13.6. The molecule has 4 rings (SSSR count). The summed E-state index contributed by atoms with van der Waals surface area (Å²) in [6, 6.07) is 5.42. The first-order valence-corrected chi connectivity index (χ1v) is 8.72. The number of fused-ring (bicyclic) bond motifs is 1. The molecule has 27 heavy (non-hydrogen) atoms. The molecule has 8 heteroatoms. The number of carbonyl (C=O) groups is 1. The van der Waals surface area contributed by atoms with E-state index in [-0.39, 0.29) is 11.8 Å². The molecule has 1 amide bonds. The zero-order chi connectivity index (χ0) is 19.0. The van der Waals surface area contributed by atoms with E-state index in [1.54, 1.807) is 15.8 Å². The van der Waals surface area contributed by atoms with Crippen LogP contribution in [0, 0.1) is 17.6 Å². The Kier molecular flexibility index (Phi) is 4.47. The second-order valence-electron chi connectivity index (χ2n) is 6.70. The van der Waals surface area contributed by atoms with E-state index in [4.69, 9.17) is 4.52 Å². The van der Waals surface area contributed by atoms with Gasteiger partial charge in [0.05, 0.1) is 19.0 Å². The highest BCUT2D eigenvalue weighted by Crippen LogP contribution is 2.31. The highest BCUT2D eigenvalue weighted by molar-refractivity contribution is 5.79. The number of aromatic nitrogens is 3. The van der Waals surface area contributed by atoms with Crippen LogP contribution in [0.15, 0.2) is 41.2 Å². The molecule has 1 aliphatic heterocycles. The van der Waals surface area contributed by atoms with Gasteiger partial charge in [-0.05, 0) is 24.3 Å². The monoisotopic (exact) mass is 372 g/mol. The van der Waals surface area contributed by atoms with Crippen LogP contribution in [-0.4, -0.2) is 32.3 Å². The number of nitrogens with zero attached hydrogens (tertiary/aromatic N) is 4. The van der Waals surface area contributed by atoms with Gasteiger partial charge in [-0.2, -0.15) is 5.10 Å². The molecule has 140 valence electrons. The number of amides is 1. The topological polar surface area (TPSA) is 64.2 Å². The third kappa shape index (κ3) is 3.34. The molecule has 0 unspecified atom stereocenters. The van der Waals surface area contributed by atoms with E-state index in [0.717, 1.165) is 17.7 Å². The molecule has 0 N–H and O–H groups in total. The lowest BCUT2D eigenvalue weighted by atomic mass is 10.00. The lowest BCUT2D eigenvalue weighted by Crippen LogP contribution is -2.40. The van der Waals surface area contributed by atoms with E-state index in [0.29, 0.717) is 43.1 Å². The Morgan fingerprint density at radius 3 is 2.93 bits per heavy atom. The molecule has 3 heterocycles. The highest BCUT2D eigenvalue weighted by atomic mass is 19.2. The lowest BCUT2D eigenvalue weighted by Gasteiger charge is -2.28. The van der Waals surface area contributed by atoms with Crippen LogP contribution in [0.5, 0.6) is 0 Å². The number of halogens is 2. The molecule has 0 saturated carbocycles. The van der Waals surface area contributed by atoms with Gasteiger partial charge in [-0.1, -0.05) is 12.1 Å². The highest BCUT2D eigenvalue weighted by Gasteiger charge is 2.30. The fourth-order valence-corrected chi connectivity index (χ4v) is 3.35. The maximum Gasteiger partial charge on any atom is 0.227 e. The fraction of sp³-hybridized carbons (Fsp3) is 0.316. The van der Waals surface area contributed by atoms with Crippen LogP contribution in [0.25, 0.3) is 11.3 Å². The maximum atomic E-state index is 13.6. The van der Waals surface area contributed by atoms with Crippen molar-refractivity contribution < 1.29 is 18.1 Å². The zero-order valence-electron chi connectivity index (χ0n) is 14.7. The van der Waals surface area contributed by atoms with Crippen molar-refractivity contribution in [2.45, 2.75) is 26.4 Å². The Morgan fingerprint density at radius 1 is 1.33 bits per heavy atom. The Morgan fingerprint density at radius 2 is 2.19 bits per heavy atom. The summed E-state index contributed by atoms with van der Waals surface area (Å²) in [6.07, 6.45) is 4.03. The summed E-state index contributed by atoms with van der Waals surface area (Å²) in [5.74, 6) is -1.41. The summed E-state index contributed by atoms with van der Waals surface area (Å²) in [7, 11) is 0. The first-order chi connectivity index (χ1) is 13.0. The SMILES string of the molecule is C[C@H](Cn1cccn1)C(=O)N1CCc2onc(-c3ccc(F)c(F)c3)c2C1. The third-order valence-electron chi connectivity index (χ3n) is 4.77. The third-order valence-corrected chi connectivity index (χ3v) is 4.77. The number of hydrogen-bond donors (Lipinski definition) is 0. The van der Waals surface area contributed by atoms with Crippen LogP contribution in [-0.2, 0) is 24.3 Å². The minimum atomic E-state index is -0.944. The van der Waals surface area contributed by atoms with E-state index in [1.807, 2.05) is 19.2 Å². The lowest BCUT2D eigenvalue weighted by molar-refractivity contribution is -0.136. The van der Waals surface area contributed by atoms with E-state index < -0.39 is 11.6 Å². The minimum Gasteiger partial charge on any atom is -0.360 e. The van der Waals surface area contributed by atoms with E-state index >= 15 is 0 Å². The zero-order valence-corrected chi connectivity index (χ0v) is 14.7. The quantitative estimate of drug-likeness (QED) is 0.706. The molecule has 0 saturated heterocycles. The van der Waals surface area contributed by atoms with Gasteiger partial charge in [-0.25, -0.2) is 8.78 Å². The second kappa shape index (κ2) is 6.94. The molecule has 1 aromatic carbocycles. The van der Waals surface area contributed by atoms with Crippen LogP contribution >= 0.6 is 0 Å². The molecule has 2 aromatic heterocycles. The normalized spacial score (nSPS) is 14.9. The van der Waals surface area contributed by atoms with Crippen LogP contribution in [0.1, 0.15) is 18.2 Å². The van der Waals surface area contributed by atoms with Crippen molar-refractivity contribution in [2.24, 2.45) is 5.92 Å². The van der Waals surface area contributed by atoms with Gasteiger partial charge in [-0.3, -0.25) is 9.48 Å². The average molecular weight is 372 g/mol. The van der Waals surface area contributed by atoms with Crippen molar-refractivity contribution in [3.05, 3.63) is 59.6 Å². The smallest absolute Gasteiger partial charge is 0.227 e. The second-order valence-corrected chi connectivity index (χ2v) is 6.70. The number of hydrogen-bond acceptors (Lipinski definition) is 4. The van der Waals surface area contributed by atoms with Crippen LogP contribution in [0.2, 0.25) is 0 Å². The van der Waals surface area contributed by atoms with Crippen LogP contribution in [0.4, 0.5) is 8.78 Å². The summed E-state index contributed by atoms with van der Waals surface area (Å²) < 4.78 is 33.9. The van der Waals surface area contributed by atoms with Crippen molar-refractivity contribution >= 4 is 5.91 Å². The predicted octanol–water partition coefficient (Wildman–Crippen LogP) is 3.04. The largest absolute Gasteiger partial charge is 0.360 e. The molecule has 0 aliphatic carbocycles. The summed E-state index contributed by atoms with van der Waals surface area (Å²) in [6.45, 7) is 3.22. The Labute approximate surface area is 154 Å². The first kappa shape index (κ1) is 17.4. The van der Waals surface area contributed by atoms with Gasteiger partial charge >= 0.3 is 0 Å². The van der Waals surface area contributed by atoms with E-state index in [2.05, 4.69) is 10.3 Å². The predicted molar refractivity (Wildman–Crippen MR) is 92.4 cm³/mol. The molecule has 0 radical (unpaired) electrons.